The number of nitrogens with zero attached hydrogens (tertiary/aromatic N) is 1. The highest BCUT2D eigenvalue weighted by atomic mass is 127. The molecule has 1 aliphatic heterocycles. The fourth-order valence-corrected chi connectivity index (χ4v) is 4.40. The number of hydrogen-bond acceptors (Lipinski definition) is 1. The van der Waals surface area contributed by atoms with Gasteiger partial charge in [0.15, 0.2) is 0 Å². The summed E-state index contributed by atoms with van der Waals surface area (Å²) in [6.07, 6.45) is 8.75. The van der Waals surface area contributed by atoms with Crippen molar-refractivity contribution in [2.24, 2.45) is 0 Å². The Balaban J connectivity index is 1.84. The van der Waals surface area contributed by atoms with Crippen LogP contribution in [0.3, 0.4) is 0 Å². The molecule has 0 aromatic heterocycles. The van der Waals surface area contributed by atoms with Crippen molar-refractivity contribution < 1.29 is 4.79 Å². The molecular weight excluding hydrogens is 433 g/mol. The van der Waals surface area contributed by atoms with Crippen LogP contribution in [-0.2, 0) is 0 Å². The molecule has 136 valence electrons. The van der Waals surface area contributed by atoms with Crippen LogP contribution in [0.15, 0.2) is 58.2 Å². The quantitative estimate of drug-likeness (QED) is 0.302. The molecule has 1 heterocycles. The third kappa shape index (κ3) is 4.20. The van der Waals surface area contributed by atoms with Crippen LogP contribution < -0.4 is 4.90 Å². The maximum Gasteiger partial charge on any atom is 0.263 e. The first-order valence-electron chi connectivity index (χ1n) is 9.61. The number of allylic oxidation sites excluding steroid dienone is 1. The van der Waals surface area contributed by atoms with Crippen molar-refractivity contribution in [3.8, 4) is 0 Å². The summed E-state index contributed by atoms with van der Waals surface area (Å²) in [5.74, 6) is 0.0823. The molecule has 26 heavy (non-hydrogen) atoms. The molecular formula is C23H26INO. The molecule has 0 unspecified atom stereocenters. The van der Waals surface area contributed by atoms with Crippen LogP contribution in [0.4, 0.5) is 5.69 Å². The van der Waals surface area contributed by atoms with E-state index in [4.69, 9.17) is 0 Å². The minimum atomic E-state index is 0.0823. The summed E-state index contributed by atoms with van der Waals surface area (Å²) < 4.78 is 1.28. The zero-order valence-electron chi connectivity index (χ0n) is 15.4. The predicted octanol–water partition coefficient (Wildman–Crippen LogP) is 7.20. The molecule has 0 saturated carbocycles. The van der Waals surface area contributed by atoms with Gasteiger partial charge in [0.05, 0.1) is 5.70 Å². The smallest absolute Gasteiger partial charge is 0.263 e. The van der Waals surface area contributed by atoms with Gasteiger partial charge >= 0.3 is 0 Å². The molecule has 0 N–H and O–H groups in total. The lowest BCUT2D eigenvalue weighted by Crippen LogP contribution is -2.22. The minimum absolute atomic E-state index is 0.0823. The molecule has 2 aromatic rings. The summed E-state index contributed by atoms with van der Waals surface area (Å²) in [6.45, 7) is 2.25. The van der Waals surface area contributed by atoms with Crippen molar-refractivity contribution in [1.29, 1.82) is 0 Å². The molecule has 0 aliphatic carbocycles. The van der Waals surface area contributed by atoms with E-state index in [2.05, 4.69) is 35.6 Å². The Morgan fingerprint density at radius 1 is 0.846 bits per heavy atom. The van der Waals surface area contributed by atoms with Gasteiger partial charge in [0.2, 0.25) is 0 Å². The van der Waals surface area contributed by atoms with E-state index < -0.39 is 0 Å². The van der Waals surface area contributed by atoms with Crippen molar-refractivity contribution in [2.75, 3.05) is 4.90 Å². The normalized spacial score (nSPS) is 15.3. The second-order valence-corrected chi connectivity index (χ2v) is 8.10. The van der Waals surface area contributed by atoms with Crippen LogP contribution in [0.5, 0.6) is 0 Å². The van der Waals surface area contributed by atoms with E-state index in [9.17, 15) is 4.79 Å². The molecule has 0 bridgehead atoms. The highest BCUT2D eigenvalue weighted by Crippen LogP contribution is 2.41. The van der Waals surface area contributed by atoms with Crippen LogP contribution in [0.2, 0.25) is 0 Å². The van der Waals surface area contributed by atoms with E-state index in [1.54, 1.807) is 0 Å². The van der Waals surface area contributed by atoms with Gasteiger partial charge < -0.3 is 0 Å². The van der Waals surface area contributed by atoms with Gasteiger partial charge in [-0.15, -0.1) is 0 Å². The van der Waals surface area contributed by atoms with Crippen molar-refractivity contribution in [3.05, 3.63) is 69.3 Å². The van der Waals surface area contributed by atoms with Gasteiger partial charge in [-0.2, -0.15) is 0 Å². The molecule has 1 amide bonds. The zero-order chi connectivity index (χ0) is 18.4. The van der Waals surface area contributed by atoms with Gasteiger partial charge in [0, 0.05) is 20.4 Å². The molecule has 0 atom stereocenters. The fourth-order valence-electron chi connectivity index (χ4n) is 3.49. The van der Waals surface area contributed by atoms with Crippen molar-refractivity contribution >= 4 is 39.9 Å². The maximum absolute atomic E-state index is 13.0. The first-order chi connectivity index (χ1) is 12.7. The molecule has 2 nitrogen and oxygen atoms in total. The average Bonchev–Trinajstić information content (AvgIpc) is 2.98. The van der Waals surface area contributed by atoms with Gasteiger partial charge in [0.25, 0.3) is 5.91 Å². The molecule has 2 aromatic carbocycles. The Kier molecular flexibility index (Phi) is 6.89. The van der Waals surface area contributed by atoms with E-state index in [1.807, 2.05) is 53.4 Å². The molecule has 3 rings (SSSR count). The van der Waals surface area contributed by atoms with Crippen LogP contribution >= 0.6 is 22.6 Å². The fraction of sp³-hybridized carbons (Fsp3) is 0.348. The van der Waals surface area contributed by atoms with E-state index >= 15 is 0 Å². The lowest BCUT2D eigenvalue weighted by atomic mass is 10.1. The third-order valence-electron chi connectivity index (χ3n) is 4.86. The lowest BCUT2D eigenvalue weighted by Gasteiger charge is -2.20. The first-order valence-corrected chi connectivity index (χ1v) is 10.7. The molecule has 0 spiro atoms. The van der Waals surface area contributed by atoms with Gasteiger partial charge in [-0.25, -0.2) is 0 Å². The minimum Gasteiger partial charge on any atom is -0.276 e. The Hall–Kier alpha value is -1.62. The zero-order valence-corrected chi connectivity index (χ0v) is 17.5. The molecule has 0 saturated heterocycles. The number of hydrogen-bond donors (Lipinski definition) is 0. The average molecular weight is 459 g/mol. The van der Waals surface area contributed by atoms with E-state index in [0.717, 1.165) is 28.9 Å². The number of anilines is 1. The largest absolute Gasteiger partial charge is 0.276 e. The third-order valence-corrected chi connectivity index (χ3v) is 5.91. The van der Waals surface area contributed by atoms with E-state index in [-0.39, 0.29) is 5.91 Å². The number of halogens is 1. The van der Waals surface area contributed by atoms with Crippen LogP contribution in [-0.4, -0.2) is 5.91 Å². The topological polar surface area (TPSA) is 20.3 Å². The number of carbonyl (C=O) groups is 1. The number of amides is 1. The van der Waals surface area contributed by atoms with Crippen LogP contribution in [0, 0.1) is 0 Å². The SMILES string of the molecule is CCCCCCCC/C(I)=C1/c2ccccc2C(=O)N1c1ccccc1. The number of carbonyl (C=O) groups excluding carboxylic acids is 1. The summed E-state index contributed by atoms with van der Waals surface area (Å²) >= 11 is 2.45. The van der Waals surface area contributed by atoms with E-state index in [1.165, 1.54) is 42.1 Å². The first kappa shape index (κ1) is 19.2. The molecule has 1 aliphatic rings. The number of rotatable bonds is 8. The summed E-state index contributed by atoms with van der Waals surface area (Å²) in [5, 5.41) is 0. The van der Waals surface area contributed by atoms with Crippen LogP contribution in [0.1, 0.15) is 67.8 Å². The van der Waals surface area contributed by atoms with Crippen molar-refractivity contribution in [2.45, 2.75) is 51.9 Å². The van der Waals surface area contributed by atoms with Gasteiger partial charge in [0.1, 0.15) is 0 Å². The van der Waals surface area contributed by atoms with Crippen molar-refractivity contribution in [3.63, 3.8) is 0 Å². The Bertz CT molecular complexity index is 782. The van der Waals surface area contributed by atoms with Gasteiger partial charge in [-0.05, 0) is 53.6 Å². The molecule has 3 heteroatoms. The summed E-state index contributed by atoms with van der Waals surface area (Å²) in [5.41, 5.74) is 3.90. The van der Waals surface area contributed by atoms with Gasteiger partial charge in [-0.3, -0.25) is 9.69 Å². The Labute approximate surface area is 170 Å². The molecule has 0 fully saturated rings. The number of benzene rings is 2. The Morgan fingerprint density at radius 2 is 1.46 bits per heavy atom. The second kappa shape index (κ2) is 9.36. The van der Waals surface area contributed by atoms with Crippen LogP contribution in [0.25, 0.3) is 5.70 Å². The Morgan fingerprint density at radius 3 is 2.19 bits per heavy atom. The highest BCUT2D eigenvalue weighted by molar-refractivity contribution is 14.1. The van der Waals surface area contributed by atoms with Crippen molar-refractivity contribution in [1.82, 2.24) is 0 Å². The summed E-state index contributed by atoms with van der Waals surface area (Å²) in [4.78, 5) is 14.9. The number of para-hydroxylation sites is 1. The molecule has 0 radical (unpaired) electrons. The number of unbranched alkanes of at least 4 members (excludes halogenated alkanes) is 5. The summed E-state index contributed by atoms with van der Waals surface area (Å²) in [7, 11) is 0. The number of fused-ring (bicyclic) bond motifs is 1. The maximum atomic E-state index is 13.0. The highest BCUT2D eigenvalue weighted by Gasteiger charge is 2.34. The standard InChI is InChI=1S/C23H26INO/c1-2-3-4-5-6-10-17-21(24)22-19-15-11-12-16-20(19)23(26)25(22)18-13-8-7-9-14-18/h7-9,11-16H,2-6,10,17H2,1H3/b22-21+. The lowest BCUT2D eigenvalue weighted by molar-refractivity contribution is 0.101. The van der Waals surface area contributed by atoms with Gasteiger partial charge in [-0.1, -0.05) is 75.4 Å². The predicted molar refractivity (Wildman–Crippen MR) is 119 cm³/mol. The van der Waals surface area contributed by atoms with E-state index in [0.29, 0.717) is 0 Å². The second-order valence-electron chi connectivity index (χ2n) is 6.79. The monoisotopic (exact) mass is 459 g/mol. The summed E-state index contributed by atoms with van der Waals surface area (Å²) in [6, 6.07) is 18.0.